The Balaban J connectivity index is 2.09. The molecule has 0 aliphatic carbocycles. The molecule has 0 spiro atoms. The highest BCUT2D eigenvalue weighted by Crippen LogP contribution is 2.28. The lowest BCUT2D eigenvalue weighted by molar-refractivity contribution is -0.387. The topological polar surface area (TPSA) is 108 Å². The highest BCUT2D eigenvalue weighted by atomic mass is 32.2. The fourth-order valence-corrected chi connectivity index (χ4v) is 2.77. The van der Waals surface area contributed by atoms with Gasteiger partial charge >= 0.3 is 5.97 Å². The van der Waals surface area contributed by atoms with E-state index in [4.69, 9.17) is 9.47 Å². The Morgan fingerprint density at radius 2 is 1.93 bits per heavy atom. The van der Waals surface area contributed by atoms with Crippen molar-refractivity contribution in [2.24, 2.45) is 0 Å². The maximum atomic E-state index is 12.3. The Labute approximate surface area is 160 Å². The van der Waals surface area contributed by atoms with Gasteiger partial charge in [0.05, 0.1) is 28.2 Å². The van der Waals surface area contributed by atoms with Crippen LogP contribution in [0.2, 0.25) is 0 Å². The Hall–Kier alpha value is -3.07. The number of nitrogens with one attached hydrogen (secondary N) is 1. The number of nitro benzene ring substituents is 1. The summed E-state index contributed by atoms with van der Waals surface area (Å²) < 4.78 is 10.3. The summed E-state index contributed by atoms with van der Waals surface area (Å²) in [6.07, 6.45) is 0.589. The first-order valence-corrected chi connectivity index (χ1v) is 9.07. The average Bonchev–Trinajstić information content (AvgIpc) is 2.67. The molecule has 1 N–H and O–H groups in total. The van der Waals surface area contributed by atoms with E-state index in [1.165, 1.54) is 37.9 Å². The summed E-state index contributed by atoms with van der Waals surface area (Å²) in [7, 11) is 1.47. The van der Waals surface area contributed by atoms with Crippen molar-refractivity contribution in [1.82, 2.24) is 0 Å². The normalized spacial score (nSPS) is 11.4. The van der Waals surface area contributed by atoms with E-state index in [-0.39, 0.29) is 11.3 Å². The van der Waals surface area contributed by atoms with Gasteiger partial charge in [-0.3, -0.25) is 14.9 Å². The van der Waals surface area contributed by atoms with Gasteiger partial charge in [-0.1, -0.05) is 12.1 Å². The lowest BCUT2D eigenvalue weighted by atomic mass is 10.2. The lowest BCUT2D eigenvalue weighted by Gasteiger charge is -2.15. The molecule has 8 nitrogen and oxygen atoms in total. The number of nitrogens with zero attached hydrogens (tertiary/aromatic N) is 1. The van der Waals surface area contributed by atoms with Crippen LogP contribution in [0.15, 0.2) is 47.4 Å². The third-order valence-corrected chi connectivity index (χ3v) is 4.41. The van der Waals surface area contributed by atoms with Crippen molar-refractivity contribution < 1.29 is 24.0 Å². The monoisotopic (exact) mass is 390 g/mol. The highest BCUT2D eigenvalue weighted by molar-refractivity contribution is 7.98. The number of carbonyl (C=O) groups excluding carboxylic acids is 2. The number of amides is 1. The first kappa shape index (κ1) is 20.2. The second-order valence-electron chi connectivity index (χ2n) is 5.38. The Morgan fingerprint density at radius 3 is 2.56 bits per heavy atom. The number of thioether (sulfide) groups is 1. The van der Waals surface area contributed by atoms with Crippen LogP contribution in [-0.4, -0.2) is 36.3 Å². The van der Waals surface area contributed by atoms with Crippen LogP contribution in [0, 0.1) is 10.1 Å². The fraction of sp³-hybridized carbons (Fsp3) is 0.222. The Bertz CT molecular complexity index is 871. The van der Waals surface area contributed by atoms with Crippen molar-refractivity contribution in [3.63, 3.8) is 0 Å². The van der Waals surface area contributed by atoms with E-state index in [1.54, 1.807) is 30.5 Å². The van der Waals surface area contributed by atoms with Gasteiger partial charge < -0.3 is 14.8 Å². The molecule has 0 radical (unpaired) electrons. The van der Waals surface area contributed by atoms with Crippen LogP contribution < -0.4 is 10.1 Å². The van der Waals surface area contributed by atoms with Crippen molar-refractivity contribution in [2.45, 2.75) is 17.9 Å². The number of nitro groups is 1. The zero-order chi connectivity index (χ0) is 20.0. The maximum Gasteiger partial charge on any atom is 0.339 e. The van der Waals surface area contributed by atoms with Crippen LogP contribution in [0.4, 0.5) is 11.4 Å². The molecule has 0 aliphatic heterocycles. The van der Waals surface area contributed by atoms with E-state index in [0.717, 1.165) is 6.07 Å². The van der Waals surface area contributed by atoms with E-state index in [0.29, 0.717) is 16.3 Å². The van der Waals surface area contributed by atoms with E-state index < -0.39 is 22.9 Å². The van der Waals surface area contributed by atoms with Crippen molar-refractivity contribution in [3.8, 4) is 5.75 Å². The van der Waals surface area contributed by atoms with Crippen molar-refractivity contribution in [3.05, 3.63) is 58.1 Å². The molecule has 1 amide bonds. The van der Waals surface area contributed by atoms with E-state index in [2.05, 4.69) is 5.32 Å². The van der Waals surface area contributed by atoms with Crippen molar-refractivity contribution in [1.29, 1.82) is 0 Å². The minimum atomic E-state index is -1.11. The van der Waals surface area contributed by atoms with Crippen molar-refractivity contribution >= 4 is 35.0 Å². The average molecular weight is 390 g/mol. The third-order valence-electron chi connectivity index (χ3n) is 3.63. The molecule has 27 heavy (non-hydrogen) atoms. The second-order valence-corrected chi connectivity index (χ2v) is 6.23. The summed E-state index contributed by atoms with van der Waals surface area (Å²) in [5, 5.41) is 13.7. The van der Waals surface area contributed by atoms with Crippen LogP contribution in [0.1, 0.15) is 17.3 Å². The summed E-state index contributed by atoms with van der Waals surface area (Å²) in [6, 6.07) is 10.8. The van der Waals surface area contributed by atoms with Crippen LogP contribution in [0.25, 0.3) is 0 Å². The molecular formula is C18H18N2O6S. The van der Waals surface area contributed by atoms with E-state index >= 15 is 0 Å². The number of ether oxygens (including phenoxy) is 2. The molecule has 142 valence electrons. The first-order chi connectivity index (χ1) is 12.9. The minimum Gasteiger partial charge on any atom is -0.495 e. The second kappa shape index (κ2) is 9.04. The summed E-state index contributed by atoms with van der Waals surface area (Å²) in [5.41, 5.74) is 0.243. The zero-order valence-corrected chi connectivity index (χ0v) is 15.7. The SMILES string of the molecule is COc1ccccc1NC(=O)[C@@H](C)OC(=O)c1ccc(SC)c([N+](=O)[O-])c1. The molecular weight excluding hydrogens is 372 g/mol. The predicted octanol–water partition coefficient (Wildman–Crippen LogP) is 3.51. The third kappa shape index (κ3) is 4.98. The minimum absolute atomic E-state index is 0.00329. The van der Waals surface area contributed by atoms with Gasteiger partial charge in [0.25, 0.3) is 11.6 Å². The summed E-state index contributed by atoms with van der Waals surface area (Å²) in [5.74, 6) is -0.913. The first-order valence-electron chi connectivity index (χ1n) is 7.84. The van der Waals surface area contributed by atoms with E-state index in [9.17, 15) is 19.7 Å². The van der Waals surface area contributed by atoms with Crippen LogP contribution >= 0.6 is 11.8 Å². The Kier molecular flexibility index (Phi) is 6.78. The molecule has 9 heteroatoms. The molecule has 0 aromatic heterocycles. The number of benzene rings is 2. The molecule has 1 atom stereocenters. The molecule has 0 aliphatic rings. The van der Waals surface area contributed by atoms with Gasteiger partial charge in [0.15, 0.2) is 6.10 Å². The summed E-state index contributed by atoms with van der Waals surface area (Å²) in [6.45, 7) is 1.41. The van der Waals surface area contributed by atoms with Gasteiger partial charge in [0.1, 0.15) is 5.75 Å². The van der Waals surface area contributed by atoms with Gasteiger partial charge in [-0.25, -0.2) is 4.79 Å². The van der Waals surface area contributed by atoms with Gasteiger partial charge in [-0.2, -0.15) is 0 Å². The van der Waals surface area contributed by atoms with Crippen molar-refractivity contribution in [2.75, 3.05) is 18.7 Å². The molecule has 0 saturated carbocycles. The van der Waals surface area contributed by atoms with Crippen LogP contribution in [-0.2, 0) is 9.53 Å². The molecule has 0 bridgehead atoms. The fourth-order valence-electron chi connectivity index (χ4n) is 2.22. The van der Waals surface area contributed by atoms with Gasteiger partial charge in [-0.15, -0.1) is 11.8 Å². The van der Waals surface area contributed by atoms with Crippen LogP contribution in [0.3, 0.4) is 0 Å². The number of rotatable bonds is 7. The molecule has 0 heterocycles. The predicted molar refractivity (Wildman–Crippen MR) is 101 cm³/mol. The summed E-state index contributed by atoms with van der Waals surface area (Å²) >= 11 is 1.20. The smallest absolute Gasteiger partial charge is 0.339 e. The number of anilines is 1. The molecule has 2 aromatic rings. The summed E-state index contributed by atoms with van der Waals surface area (Å²) in [4.78, 5) is 35.5. The molecule has 0 fully saturated rings. The molecule has 0 saturated heterocycles. The van der Waals surface area contributed by atoms with E-state index in [1.807, 2.05) is 0 Å². The molecule has 2 aromatic carbocycles. The van der Waals surface area contributed by atoms with Gasteiger partial charge in [-0.05, 0) is 37.4 Å². The van der Waals surface area contributed by atoms with Gasteiger partial charge in [0.2, 0.25) is 0 Å². The Morgan fingerprint density at radius 1 is 1.22 bits per heavy atom. The highest BCUT2D eigenvalue weighted by Gasteiger charge is 2.22. The zero-order valence-electron chi connectivity index (χ0n) is 14.9. The number of methoxy groups -OCH3 is 1. The number of hydrogen-bond acceptors (Lipinski definition) is 7. The lowest BCUT2D eigenvalue weighted by Crippen LogP contribution is -2.30. The number of carbonyl (C=O) groups is 2. The quantitative estimate of drug-likeness (QED) is 0.333. The maximum absolute atomic E-state index is 12.3. The number of esters is 1. The standard InChI is InChI=1S/C18H18N2O6S/c1-11(17(21)19-13-6-4-5-7-15(13)25-2)26-18(22)12-8-9-16(27-3)14(10-12)20(23)24/h4-11H,1-3H3,(H,19,21)/t11-/m1/s1. The number of para-hydroxylation sites is 2. The molecule has 0 unspecified atom stereocenters. The largest absolute Gasteiger partial charge is 0.495 e. The van der Waals surface area contributed by atoms with Crippen LogP contribution in [0.5, 0.6) is 5.75 Å². The number of hydrogen-bond donors (Lipinski definition) is 1. The molecule has 2 rings (SSSR count). The van der Waals surface area contributed by atoms with Gasteiger partial charge in [0, 0.05) is 6.07 Å².